The summed E-state index contributed by atoms with van der Waals surface area (Å²) < 4.78 is 5.74. The number of carbonyl (C=O) groups is 1. The van der Waals surface area contributed by atoms with Crippen molar-refractivity contribution in [3.8, 4) is 0 Å². The average molecular weight is 289 g/mol. The van der Waals surface area contributed by atoms with E-state index in [9.17, 15) is 4.79 Å². The summed E-state index contributed by atoms with van der Waals surface area (Å²) in [6.45, 7) is 2.14. The monoisotopic (exact) mass is 289 g/mol. The molecular formula is C15H19N3O3. The molecule has 1 aromatic carbocycles. The normalized spacial score (nSPS) is 17.2. The number of hydrogen-bond donors (Lipinski definition) is 1. The van der Waals surface area contributed by atoms with E-state index in [-0.39, 0.29) is 5.56 Å². The molecule has 3 rings (SSSR count). The van der Waals surface area contributed by atoms with Gasteiger partial charge in [0.1, 0.15) is 5.52 Å². The minimum Gasteiger partial charge on any atom is -0.478 e. The Hall–Kier alpha value is -2.08. The van der Waals surface area contributed by atoms with Crippen molar-refractivity contribution in [2.45, 2.75) is 18.9 Å². The molecular weight excluding hydrogens is 270 g/mol. The third-order valence-electron chi connectivity index (χ3n) is 4.16. The summed E-state index contributed by atoms with van der Waals surface area (Å²) in [5, 5.41) is 9.01. The van der Waals surface area contributed by atoms with Crippen LogP contribution in [0.3, 0.4) is 0 Å². The number of oxazole rings is 1. The SMILES string of the molecule is CN1CCC(N(C)c2nc3ccc(C(=O)O)cc3o2)CC1. The van der Waals surface area contributed by atoms with Gasteiger partial charge in [-0.05, 0) is 51.2 Å². The number of aromatic carboxylic acids is 1. The molecule has 6 heteroatoms. The van der Waals surface area contributed by atoms with E-state index in [1.165, 1.54) is 6.07 Å². The van der Waals surface area contributed by atoms with Gasteiger partial charge in [0.2, 0.25) is 0 Å². The molecule has 0 saturated carbocycles. The maximum atomic E-state index is 11.0. The maximum Gasteiger partial charge on any atom is 0.335 e. The molecule has 1 aromatic heterocycles. The van der Waals surface area contributed by atoms with Gasteiger partial charge in [0, 0.05) is 13.1 Å². The summed E-state index contributed by atoms with van der Waals surface area (Å²) in [6, 6.07) is 5.73. The second-order valence-electron chi connectivity index (χ2n) is 5.63. The summed E-state index contributed by atoms with van der Waals surface area (Å²) in [5.41, 5.74) is 1.42. The van der Waals surface area contributed by atoms with E-state index in [4.69, 9.17) is 9.52 Å². The van der Waals surface area contributed by atoms with Crippen molar-refractivity contribution in [3.05, 3.63) is 23.8 Å². The molecule has 2 heterocycles. The number of anilines is 1. The van der Waals surface area contributed by atoms with Gasteiger partial charge in [0.25, 0.3) is 6.01 Å². The Morgan fingerprint density at radius 3 is 2.81 bits per heavy atom. The summed E-state index contributed by atoms with van der Waals surface area (Å²) in [7, 11) is 4.11. The first kappa shape index (κ1) is 13.9. The Bertz CT molecular complexity index is 659. The lowest BCUT2D eigenvalue weighted by molar-refractivity contribution is 0.0697. The molecule has 1 saturated heterocycles. The quantitative estimate of drug-likeness (QED) is 0.932. The molecule has 0 amide bonds. The standard InChI is InChI=1S/C15H19N3O3/c1-17-7-5-11(6-8-17)18(2)15-16-12-4-3-10(14(19)20)9-13(12)21-15/h3-4,9,11H,5-8H2,1-2H3,(H,19,20). The van der Waals surface area contributed by atoms with Gasteiger partial charge >= 0.3 is 5.97 Å². The molecule has 112 valence electrons. The first-order valence-corrected chi connectivity index (χ1v) is 7.10. The molecule has 0 radical (unpaired) electrons. The van der Waals surface area contributed by atoms with Crippen molar-refractivity contribution < 1.29 is 14.3 Å². The second kappa shape index (κ2) is 5.37. The van der Waals surface area contributed by atoms with Gasteiger partial charge in [0.15, 0.2) is 5.58 Å². The Morgan fingerprint density at radius 1 is 1.43 bits per heavy atom. The van der Waals surface area contributed by atoms with Crippen LogP contribution >= 0.6 is 0 Å². The average Bonchev–Trinajstić information content (AvgIpc) is 2.90. The predicted octanol–water partition coefficient (Wildman–Crippen LogP) is 2.06. The largest absolute Gasteiger partial charge is 0.478 e. The fourth-order valence-electron chi connectivity index (χ4n) is 2.73. The van der Waals surface area contributed by atoms with Crippen molar-refractivity contribution >= 4 is 23.1 Å². The van der Waals surface area contributed by atoms with Crippen LogP contribution in [0.1, 0.15) is 23.2 Å². The van der Waals surface area contributed by atoms with Crippen LogP contribution in [0.15, 0.2) is 22.6 Å². The number of piperidine rings is 1. The molecule has 1 aliphatic rings. The number of nitrogens with zero attached hydrogens (tertiary/aromatic N) is 3. The lowest BCUT2D eigenvalue weighted by Gasteiger charge is -2.34. The second-order valence-corrected chi connectivity index (χ2v) is 5.63. The van der Waals surface area contributed by atoms with Crippen LogP contribution < -0.4 is 4.90 Å². The summed E-state index contributed by atoms with van der Waals surface area (Å²) in [6.07, 6.45) is 2.15. The van der Waals surface area contributed by atoms with Gasteiger partial charge in [-0.3, -0.25) is 0 Å². The Morgan fingerprint density at radius 2 is 2.14 bits per heavy atom. The third-order valence-corrected chi connectivity index (χ3v) is 4.16. The number of carboxylic acids is 1. The molecule has 0 aliphatic carbocycles. The number of benzene rings is 1. The van der Waals surface area contributed by atoms with Gasteiger partial charge in [0.05, 0.1) is 5.56 Å². The topological polar surface area (TPSA) is 69.8 Å². The minimum atomic E-state index is -0.960. The zero-order valence-electron chi connectivity index (χ0n) is 12.2. The highest BCUT2D eigenvalue weighted by Gasteiger charge is 2.24. The van der Waals surface area contributed by atoms with Crippen molar-refractivity contribution in [2.75, 3.05) is 32.1 Å². The Labute approximate surface area is 123 Å². The smallest absolute Gasteiger partial charge is 0.335 e. The molecule has 0 unspecified atom stereocenters. The van der Waals surface area contributed by atoms with Crippen LogP contribution in [0, 0.1) is 0 Å². The highest BCUT2D eigenvalue weighted by Crippen LogP contribution is 2.26. The van der Waals surface area contributed by atoms with E-state index in [1.807, 2.05) is 7.05 Å². The molecule has 1 fully saturated rings. The van der Waals surface area contributed by atoms with Gasteiger partial charge in [-0.15, -0.1) is 0 Å². The first-order chi connectivity index (χ1) is 10.0. The molecule has 2 aromatic rings. The van der Waals surface area contributed by atoms with Crippen LogP contribution in [0.5, 0.6) is 0 Å². The number of likely N-dealkylation sites (tertiary alicyclic amines) is 1. The molecule has 0 atom stereocenters. The van der Waals surface area contributed by atoms with Crippen LogP contribution in [-0.4, -0.2) is 54.2 Å². The highest BCUT2D eigenvalue weighted by atomic mass is 16.4. The molecule has 1 aliphatic heterocycles. The van der Waals surface area contributed by atoms with Gasteiger partial charge < -0.3 is 19.3 Å². The number of aromatic nitrogens is 1. The van der Waals surface area contributed by atoms with Crippen LogP contribution in [0.2, 0.25) is 0 Å². The van der Waals surface area contributed by atoms with E-state index in [0.29, 0.717) is 23.2 Å². The van der Waals surface area contributed by atoms with E-state index in [2.05, 4.69) is 21.8 Å². The third kappa shape index (κ3) is 2.71. The number of carboxylic acid groups (broad SMARTS) is 1. The fourth-order valence-corrected chi connectivity index (χ4v) is 2.73. The van der Waals surface area contributed by atoms with Crippen LogP contribution in [-0.2, 0) is 0 Å². The fraction of sp³-hybridized carbons (Fsp3) is 0.467. The van der Waals surface area contributed by atoms with E-state index < -0.39 is 5.97 Å². The number of rotatable bonds is 3. The molecule has 0 spiro atoms. The van der Waals surface area contributed by atoms with Crippen LogP contribution in [0.4, 0.5) is 6.01 Å². The first-order valence-electron chi connectivity index (χ1n) is 7.10. The minimum absolute atomic E-state index is 0.215. The zero-order valence-corrected chi connectivity index (χ0v) is 12.2. The van der Waals surface area contributed by atoms with Crippen molar-refractivity contribution in [1.82, 2.24) is 9.88 Å². The Kier molecular flexibility index (Phi) is 3.55. The molecule has 1 N–H and O–H groups in total. The lowest BCUT2D eigenvalue weighted by atomic mass is 10.0. The van der Waals surface area contributed by atoms with E-state index >= 15 is 0 Å². The summed E-state index contributed by atoms with van der Waals surface area (Å²) in [5.74, 6) is -0.960. The number of hydrogen-bond acceptors (Lipinski definition) is 5. The Balaban J connectivity index is 1.85. The zero-order chi connectivity index (χ0) is 15.0. The van der Waals surface area contributed by atoms with E-state index in [0.717, 1.165) is 25.9 Å². The van der Waals surface area contributed by atoms with Crippen molar-refractivity contribution in [1.29, 1.82) is 0 Å². The summed E-state index contributed by atoms with van der Waals surface area (Å²) in [4.78, 5) is 19.8. The molecule has 21 heavy (non-hydrogen) atoms. The maximum absolute atomic E-state index is 11.0. The van der Waals surface area contributed by atoms with Gasteiger partial charge in [-0.2, -0.15) is 4.98 Å². The van der Waals surface area contributed by atoms with Gasteiger partial charge in [-0.1, -0.05) is 0 Å². The predicted molar refractivity (Wildman–Crippen MR) is 79.9 cm³/mol. The molecule has 0 bridgehead atoms. The number of fused-ring (bicyclic) bond motifs is 1. The van der Waals surface area contributed by atoms with Crippen LogP contribution in [0.25, 0.3) is 11.1 Å². The van der Waals surface area contributed by atoms with Crippen molar-refractivity contribution in [3.63, 3.8) is 0 Å². The molecule has 6 nitrogen and oxygen atoms in total. The lowest BCUT2D eigenvalue weighted by Crippen LogP contribution is -2.42. The summed E-state index contributed by atoms with van der Waals surface area (Å²) >= 11 is 0. The highest BCUT2D eigenvalue weighted by molar-refractivity contribution is 5.92. The van der Waals surface area contributed by atoms with Crippen molar-refractivity contribution in [2.24, 2.45) is 0 Å². The van der Waals surface area contributed by atoms with E-state index in [1.54, 1.807) is 12.1 Å². The van der Waals surface area contributed by atoms with Gasteiger partial charge in [-0.25, -0.2) is 4.79 Å².